The Morgan fingerprint density at radius 2 is 1.90 bits per heavy atom. The zero-order chi connectivity index (χ0) is 20.5. The third-order valence-electron chi connectivity index (χ3n) is 5.86. The molecule has 1 aliphatic rings. The average Bonchev–Trinajstić information content (AvgIpc) is 3.16. The monoisotopic (exact) mass is 409 g/mol. The highest BCUT2D eigenvalue weighted by atomic mass is 32.2. The molecule has 2 aromatic heterocycles. The van der Waals surface area contributed by atoms with Crippen molar-refractivity contribution >= 4 is 28.6 Å². The predicted octanol–water partition coefficient (Wildman–Crippen LogP) is 4.09. The standard InChI is InChI=1S/C22H27N5OS/c1-14-7-9-26(10-8-14)20(28)13-29-22-21-19(17(4)24-25-22)12-23-27(21)18-6-5-15(2)16(3)11-18/h5-6,11-12,14H,7-10,13H2,1-4H3. The van der Waals surface area contributed by atoms with Gasteiger partial charge in [0.25, 0.3) is 0 Å². The van der Waals surface area contributed by atoms with Crippen molar-refractivity contribution in [3.63, 3.8) is 0 Å². The number of likely N-dealkylation sites (tertiary alicyclic amines) is 1. The van der Waals surface area contributed by atoms with Gasteiger partial charge < -0.3 is 4.90 Å². The van der Waals surface area contributed by atoms with E-state index in [0.29, 0.717) is 11.7 Å². The van der Waals surface area contributed by atoms with Crippen molar-refractivity contribution in [2.45, 2.75) is 45.6 Å². The summed E-state index contributed by atoms with van der Waals surface area (Å²) < 4.78 is 1.92. The Hall–Kier alpha value is -2.41. The molecule has 3 aromatic rings. The van der Waals surface area contributed by atoms with Crippen LogP contribution in [0.3, 0.4) is 0 Å². The number of benzene rings is 1. The van der Waals surface area contributed by atoms with Gasteiger partial charge in [-0.05, 0) is 62.8 Å². The first-order chi connectivity index (χ1) is 13.9. The van der Waals surface area contributed by atoms with Crippen molar-refractivity contribution in [3.8, 4) is 5.69 Å². The quantitative estimate of drug-likeness (QED) is 0.607. The second-order valence-electron chi connectivity index (χ2n) is 8.03. The SMILES string of the molecule is Cc1ccc(-n2ncc3c(C)nnc(SCC(=O)N4CCC(C)CC4)c32)cc1C. The van der Waals surface area contributed by atoms with E-state index in [2.05, 4.69) is 54.3 Å². The lowest BCUT2D eigenvalue weighted by Gasteiger charge is -2.30. The van der Waals surface area contributed by atoms with Crippen LogP contribution in [0.25, 0.3) is 16.6 Å². The minimum absolute atomic E-state index is 0.176. The smallest absolute Gasteiger partial charge is 0.232 e. The normalized spacial score (nSPS) is 15.2. The molecule has 0 spiro atoms. The molecule has 4 rings (SSSR count). The van der Waals surface area contributed by atoms with E-state index in [1.165, 1.54) is 22.9 Å². The maximum absolute atomic E-state index is 12.7. The van der Waals surface area contributed by atoms with Gasteiger partial charge in [0.2, 0.25) is 5.91 Å². The lowest BCUT2D eigenvalue weighted by atomic mass is 9.99. The Labute approximate surface area is 175 Å². The van der Waals surface area contributed by atoms with E-state index in [-0.39, 0.29) is 5.91 Å². The molecule has 3 heterocycles. The maximum Gasteiger partial charge on any atom is 0.232 e. The number of amides is 1. The number of nitrogens with zero attached hydrogens (tertiary/aromatic N) is 5. The number of hydrogen-bond acceptors (Lipinski definition) is 5. The van der Waals surface area contributed by atoms with Gasteiger partial charge >= 0.3 is 0 Å². The van der Waals surface area contributed by atoms with Gasteiger partial charge in [0, 0.05) is 18.5 Å². The van der Waals surface area contributed by atoms with Gasteiger partial charge in [-0.15, -0.1) is 5.10 Å². The second-order valence-corrected chi connectivity index (χ2v) is 8.99. The lowest BCUT2D eigenvalue weighted by molar-refractivity contribution is -0.129. The molecule has 1 saturated heterocycles. The summed E-state index contributed by atoms with van der Waals surface area (Å²) >= 11 is 1.46. The molecule has 1 aromatic carbocycles. The van der Waals surface area contributed by atoms with Crippen LogP contribution in [0.5, 0.6) is 0 Å². The van der Waals surface area contributed by atoms with E-state index in [1.54, 1.807) is 0 Å². The molecule has 6 nitrogen and oxygen atoms in total. The molecule has 1 fully saturated rings. The largest absolute Gasteiger partial charge is 0.342 e. The third-order valence-corrected chi connectivity index (χ3v) is 6.80. The van der Waals surface area contributed by atoms with E-state index in [4.69, 9.17) is 0 Å². The van der Waals surface area contributed by atoms with Crippen molar-refractivity contribution in [3.05, 3.63) is 41.2 Å². The van der Waals surface area contributed by atoms with Crippen molar-refractivity contribution < 1.29 is 4.79 Å². The number of carbonyl (C=O) groups is 1. The molecule has 0 aliphatic carbocycles. The summed E-state index contributed by atoms with van der Waals surface area (Å²) in [6.07, 6.45) is 4.02. The first-order valence-corrected chi connectivity index (χ1v) is 11.1. The number of thioether (sulfide) groups is 1. The van der Waals surface area contributed by atoms with Gasteiger partial charge in [-0.25, -0.2) is 4.68 Å². The molecule has 0 unspecified atom stereocenters. The van der Waals surface area contributed by atoms with E-state index in [9.17, 15) is 4.79 Å². The zero-order valence-corrected chi connectivity index (χ0v) is 18.3. The van der Waals surface area contributed by atoms with Gasteiger partial charge in [0.05, 0.1) is 23.3 Å². The van der Waals surface area contributed by atoms with Crippen LogP contribution in [-0.4, -0.2) is 49.6 Å². The van der Waals surface area contributed by atoms with E-state index in [1.807, 2.05) is 22.7 Å². The molecule has 0 radical (unpaired) electrons. The van der Waals surface area contributed by atoms with Gasteiger partial charge in [-0.3, -0.25) is 4.79 Å². The minimum Gasteiger partial charge on any atom is -0.342 e. The first kappa shape index (κ1) is 19.9. The summed E-state index contributed by atoms with van der Waals surface area (Å²) in [6, 6.07) is 6.30. The zero-order valence-electron chi connectivity index (χ0n) is 17.5. The highest BCUT2D eigenvalue weighted by Gasteiger charge is 2.22. The first-order valence-electron chi connectivity index (χ1n) is 10.1. The number of rotatable bonds is 4. The summed E-state index contributed by atoms with van der Waals surface area (Å²) in [6.45, 7) is 10.1. The van der Waals surface area contributed by atoms with Crippen LogP contribution in [-0.2, 0) is 4.79 Å². The van der Waals surface area contributed by atoms with Crippen LogP contribution in [0.4, 0.5) is 0 Å². The molecule has 7 heteroatoms. The fourth-order valence-corrected chi connectivity index (χ4v) is 4.54. The number of aromatic nitrogens is 4. The Morgan fingerprint density at radius 1 is 1.14 bits per heavy atom. The van der Waals surface area contributed by atoms with Crippen molar-refractivity contribution in [2.75, 3.05) is 18.8 Å². The Morgan fingerprint density at radius 3 is 2.62 bits per heavy atom. The fourth-order valence-electron chi connectivity index (χ4n) is 3.67. The number of hydrogen-bond donors (Lipinski definition) is 0. The molecular formula is C22H27N5OS. The van der Waals surface area contributed by atoms with Gasteiger partial charge in [-0.1, -0.05) is 24.8 Å². The summed E-state index contributed by atoms with van der Waals surface area (Å²) in [5, 5.41) is 15.0. The summed E-state index contributed by atoms with van der Waals surface area (Å²) in [4.78, 5) is 14.7. The molecule has 0 bridgehead atoms. The molecule has 0 N–H and O–H groups in total. The van der Waals surface area contributed by atoms with Crippen LogP contribution in [0, 0.1) is 26.7 Å². The van der Waals surface area contributed by atoms with Gasteiger partial charge in [-0.2, -0.15) is 10.2 Å². The summed E-state index contributed by atoms with van der Waals surface area (Å²) in [5.74, 6) is 1.26. The number of carbonyl (C=O) groups excluding carboxylic acids is 1. The van der Waals surface area contributed by atoms with E-state index < -0.39 is 0 Å². The second kappa shape index (κ2) is 8.14. The van der Waals surface area contributed by atoms with Crippen LogP contribution in [0.1, 0.15) is 36.6 Å². The van der Waals surface area contributed by atoms with Crippen molar-refractivity contribution in [2.24, 2.45) is 5.92 Å². The van der Waals surface area contributed by atoms with Crippen LogP contribution < -0.4 is 0 Å². The Bertz CT molecular complexity index is 1050. The summed E-state index contributed by atoms with van der Waals surface area (Å²) in [7, 11) is 0. The molecule has 1 aliphatic heterocycles. The van der Waals surface area contributed by atoms with Gasteiger partial charge in [0.1, 0.15) is 10.5 Å². The highest BCUT2D eigenvalue weighted by Crippen LogP contribution is 2.30. The number of fused-ring (bicyclic) bond motifs is 1. The molecular weight excluding hydrogens is 382 g/mol. The topological polar surface area (TPSA) is 63.9 Å². The molecule has 152 valence electrons. The molecule has 0 saturated carbocycles. The average molecular weight is 410 g/mol. The minimum atomic E-state index is 0.176. The van der Waals surface area contributed by atoms with Crippen LogP contribution in [0.15, 0.2) is 29.4 Å². The van der Waals surface area contributed by atoms with Crippen molar-refractivity contribution in [1.82, 2.24) is 24.9 Å². The molecule has 0 atom stereocenters. The van der Waals surface area contributed by atoms with Crippen LogP contribution in [0.2, 0.25) is 0 Å². The highest BCUT2D eigenvalue weighted by molar-refractivity contribution is 8.00. The molecule has 1 amide bonds. The van der Waals surface area contributed by atoms with Crippen LogP contribution >= 0.6 is 11.8 Å². The predicted molar refractivity (Wildman–Crippen MR) is 117 cm³/mol. The molecule has 29 heavy (non-hydrogen) atoms. The Kier molecular flexibility index (Phi) is 5.58. The third kappa shape index (κ3) is 4.01. The van der Waals surface area contributed by atoms with Crippen molar-refractivity contribution in [1.29, 1.82) is 0 Å². The lowest BCUT2D eigenvalue weighted by Crippen LogP contribution is -2.38. The summed E-state index contributed by atoms with van der Waals surface area (Å²) in [5.41, 5.74) is 5.22. The fraction of sp³-hybridized carbons (Fsp3) is 0.455. The maximum atomic E-state index is 12.7. The van der Waals surface area contributed by atoms with E-state index in [0.717, 1.165) is 53.2 Å². The van der Waals surface area contributed by atoms with Gasteiger partial charge in [0.15, 0.2) is 0 Å². The number of piperidine rings is 1. The number of aryl methyl sites for hydroxylation is 3. The van der Waals surface area contributed by atoms with E-state index >= 15 is 0 Å². The Balaban J connectivity index is 1.62.